The quantitative estimate of drug-likeness (QED) is 0.568. The monoisotopic (exact) mass is 447 g/mol. The minimum absolute atomic E-state index is 0.201. The van der Waals surface area contributed by atoms with Crippen LogP contribution in [0.4, 0.5) is 0 Å². The summed E-state index contributed by atoms with van der Waals surface area (Å²) in [6, 6.07) is 11.5. The molecule has 3 rings (SSSR count). The summed E-state index contributed by atoms with van der Waals surface area (Å²) >= 11 is 7.26. The number of carbonyl (C=O) groups excluding carboxylic acids is 3. The van der Waals surface area contributed by atoms with E-state index in [2.05, 4.69) is 10.4 Å². The second-order valence-corrected chi connectivity index (χ2v) is 7.68. The summed E-state index contributed by atoms with van der Waals surface area (Å²) in [6.07, 6.45) is 0. The molecule has 1 atom stereocenters. The summed E-state index contributed by atoms with van der Waals surface area (Å²) in [4.78, 5) is 35.8. The van der Waals surface area contributed by atoms with Crippen molar-refractivity contribution in [2.24, 2.45) is 5.10 Å². The molecule has 2 aromatic carbocycles. The first-order chi connectivity index (χ1) is 14.3. The number of nitrogens with zero attached hydrogens (tertiary/aromatic N) is 2. The molecule has 0 spiro atoms. The van der Waals surface area contributed by atoms with Crippen LogP contribution in [-0.2, 0) is 9.59 Å². The van der Waals surface area contributed by atoms with E-state index in [0.29, 0.717) is 16.5 Å². The highest BCUT2D eigenvalue weighted by Crippen LogP contribution is 2.41. The van der Waals surface area contributed by atoms with Crippen LogP contribution in [0, 0.1) is 0 Å². The zero-order chi connectivity index (χ0) is 21.8. The Morgan fingerprint density at radius 1 is 1.13 bits per heavy atom. The summed E-state index contributed by atoms with van der Waals surface area (Å²) in [5, 5.41) is 8.08. The molecule has 30 heavy (non-hydrogen) atoms. The normalized spacial score (nSPS) is 15.4. The molecule has 0 aromatic heterocycles. The number of ether oxygens (including phenoxy) is 2. The van der Waals surface area contributed by atoms with Gasteiger partial charge >= 0.3 is 5.97 Å². The Balaban J connectivity index is 1.85. The second-order valence-electron chi connectivity index (χ2n) is 6.20. The molecule has 1 heterocycles. The molecule has 2 aromatic rings. The summed E-state index contributed by atoms with van der Waals surface area (Å²) < 4.78 is 10.8. The standard InChI is InChI=1S/C20H18ClN3O5S/c1-11(25)22-20-23-24(12(2)26)18(30-20)13-8-9-16(17(10-13)28-3)29-19(27)14-6-4-5-7-15(14)21/h4-10,18H,1-3H3,(H,22,23,25). The van der Waals surface area contributed by atoms with Crippen LogP contribution >= 0.6 is 23.4 Å². The van der Waals surface area contributed by atoms with Crippen LogP contribution in [0.3, 0.4) is 0 Å². The number of carbonyl (C=O) groups is 3. The Bertz CT molecular complexity index is 1040. The van der Waals surface area contributed by atoms with Crippen molar-refractivity contribution < 1.29 is 23.9 Å². The number of halogens is 1. The maximum absolute atomic E-state index is 12.5. The number of esters is 1. The van der Waals surface area contributed by atoms with Gasteiger partial charge in [0.25, 0.3) is 0 Å². The fourth-order valence-corrected chi connectivity index (χ4v) is 4.02. The molecule has 10 heteroatoms. The van der Waals surface area contributed by atoms with Gasteiger partial charge in [-0.15, -0.1) is 5.10 Å². The molecule has 0 saturated carbocycles. The van der Waals surface area contributed by atoms with E-state index in [1.165, 1.54) is 37.7 Å². The maximum atomic E-state index is 12.5. The van der Waals surface area contributed by atoms with Crippen LogP contribution in [0.2, 0.25) is 5.02 Å². The highest BCUT2D eigenvalue weighted by atomic mass is 35.5. The Morgan fingerprint density at radius 3 is 2.50 bits per heavy atom. The number of amidine groups is 1. The van der Waals surface area contributed by atoms with Gasteiger partial charge in [-0.3, -0.25) is 9.59 Å². The molecule has 1 unspecified atom stereocenters. The van der Waals surface area contributed by atoms with Gasteiger partial charge in [-0.1, -0.05) is 41.6 Å². The van der Waals surface area contributed by atoms with Crippen molar-refractivity contribution in [3.63, 3.8) is 0 Å². The summed E-state index contributed by atoms with van der Waals surface area (Å²) in [6.45, 7) is 2.74. The minimum Gasteiger partial charge on any atom is -0.493 e. The number of thioether (sulfide) groups is 1. The molecule has 0 aliphatic carbocycles. The fraction of sp³-hybridized carbons (Fsp3) is 0.200. The van der Waals surface area contributed by atoms with Gasteiger partial charge in [0.1, 0.15) is 5.37 Å². The van der Waals surface area contributed by atoms with E-state index in [4.69, 9.17) is 21.1 Å². The number of nitrogens with one attached hydrogen (secondary N) is 1. The zero-order valence-corrected chi connectivity index (χ0v) is 17.9. The van der Waals surface area contributed by atoms with Crippen LogP contribution in [0.15, 0.2) is 47.6 Å². The lowest BCUT2D eigenvalue weighted by Gasteiger charge is -2.20. The van der Waals surface area contributed by atoms with Gasteiger partial charge in [-0.25, -0.2) is 9.80 Å². The van der Waals surface area contributed by atoms with Crippen LogP contribution in [0.1, 0.15) is 35.1 Å². The van der Waals surface area contributed by atoms with Crippen molar-refractivity contribution >= 4 is 46.3 Å². The number of hydrogen-bond donors (Lipinski definition) is 1. The Morgan fingerprint density at radius 2 is 1.87 bits per heavy atom. The lowest BCUT2D eigenvalue weighted by atomic mass is 10.2. The molecule has 1 aliphatic heterocycles. The lowest BCUT2D eigenvalue weighted by molar-refractivity contribution is -0.129. The maximum Gasteiger partial charge on any atom is 0.345 e. The van der Waals surface area contributed by atoms with Crippen molar-refractivity contribution in [1.29, 1.82) is 0 Å². The van der Waals surface area contributed by atoms with Crippen molar-refractivity contribution in [2.45, 2.75) is 19.2 Å². The van der Waals surface area contributed by atoms with Crippen LogP contribution in [0.25, 0.3) is 0 Å². The van der Waals surface area contributed by atoms with Crippen LogP contribution < -0.4 is 14.8 Å². The van der Waals surface area contributed by atoms with E-state index >= 15 is 0 Å². The molecule has 156 valence electrons. The predicted octanol–water partition coefficient (Wildman–Crippen LogP) is 3.57. The third-order valence-electron chi connectivity index (χ3n) is 4.02. The molecule has 1 aliphatic rings. The van der Waals surface area contributed by atoms with Gasteiger partial charge < -0.3 is 14.8 Å². The van der Waals surface area contributed by atoms with Gasteiger partial charge in [0, 0.05) is 13.8 Å². The van der Waals surface area contributed by atoms with Crippen LogP contribution in [-0.4, -0.2) is 35.1 Å². The topological polar surface area (TPSA) is 97.3 Å². The SMILES string of the molecule is COc1cc(C2SC(NC(C)=O)=NN2C(C)=O)ccc1OC(=O)c1ccccc1Cl. The second kappa shape index (κ2) is 9.19. The first kappa shape index (κ1) is 21.7. The smallest absolute Gasteiger partial charge is 0.345 e. The average Bonchev–Trinajstić information content (AvgIpc) is 3.12. The zero-order valence-electron chi connectivity index (χ0n) is 16.3. The third kappa shape index (κ3) is 4.74. The number of rotatable bonds is 4. The van der Waals surface area contributed by atoms with E-state index in [0.717, 1.165) is 0 Å². The lowest BCUT2D eigenvalue weighted by Crippen LogP contribution is -2.25. The summed E-state index contributed by atoms with van der Waals surface area (Å²) in [7, 11) is 1.44. The van der Waals surface area contributed by atoms with Gasteiger partial charge in [0.05, 0.1) is 17.7 Å². The molecule has 0 bridgehead atoms. The van der Waals surface area contributed by atoms with Crippen molar-refractivity contribution in [1.82, 2.24) is 10.3 Å². The Labute approximate surface area is 182 Å². The first-order valence-corrected chi connectivity index (χ1v) is 10.0. The molecule has 0 saturated heterocycles. The molecule has 8 nitrogen and oxygen atoms in total. The molecule has 0 radical (unpaired) electrons. The van der Waals surface area contributed by atoms with Crippen LogP contribution in [0.5, 0.6) is 11.5 Å². The highest BCUT2D eigenvalue weighted by Gasteiger charge is 2.33. The highest BCUT2D eigenvalue weighted by molar-refractivity contribution is 8.14. The van der Waals surface area contributed by atoms with E-state index in [1.54, 1.807) is 42.5 Å². The fourth-order valence-electron chi connectivity index (χ4n) is 2.68. The van der Waals surface area contributed by atoms with Crippen molar-refractivity contribution in [2.75, 3.05) is 7.11 Å². The number of amides is 2. The summed E-state index contributed by atoms with van der Waals surface area (Å²) in [5.41, 5.74) is 0.904. The predicted molar refractivity (Wildman–Crippen MR) is 114 cm³/mol. The molecule has 0 fully saturated rings. The van der Waals surface area contributed by atoms with Gasteiger partial charge in [0.15, 0.2) is 16.7 Å². The van der Waals surface area contributed by atoms with Gasteiger partial charge in [0.2, 0.25) is 11.8 Å². The molecular weight excluding hydrogens is 430 g/mol. The van der Waals surface area contributed by atoms with Gasteiger partial charge in [-0.2, -0.15) is 0 Å². The molecule has 2 amide bonds. The number of methoxy groups -OCH3 is 1. The summed E-state index contributed by atoms with van der Waals surface area (Å²) in [5.74, 6) is -0.703. The Kier molecular flexibility index (Phi) is 6.63. The molecule has 1 N–H and O–H groups in total. The number of hydrogen-bond acceptors (Lipinski definition) is 7. The minimum atomic E-state index is -0.622. The Hall–Kier alpha value is -3.04. The molecular formula is C20H18ClN3O5S. The number of benzene rings is 2. The third-order valence-corrected chi connectivity index (χ3v) is 5.45. The average molecular weight is 448 g/mol. The van der Waals surface area contributed by atoms with Gasteiger partial charge in [-0.05, 0) is 29.8 Å². The van der Waals surface area contributed by atoms with E-state index in [9.17, 15) is 14.4 Å². The first-order valence-electron chi connectivity index (χ1n) is 8.77. The van der Waals surface area contributed by atoms with Crippen molar-refractivity contribution in [3.8, 4) is 11.5 Å². The number of hydrazone groups is 1. The van der Waals surface area contributed by atoms with E-state index < -0.39 is 11.3 Å². The van der Waals surface area contributed by atoms with Crippen molar-refractivity contribution in [3.05, 3.63) is 58.6 Å². The van der Waals surface area contributed by atoms with E-state index in [1.807, 2.05) is 0 Å². The van der Waals surface area contributed by atoms with E-state index in [-0.39, 0.29) is 28.1 Å². The largest absolute Gasteiger partial charge is 0.493 e.